The van der Waals surface area contributed by atoms with Crippen LogP contribution in [0.15, 0.2) is 60.3 Å². The maximum absolute atomic E-state index is 12.8. The molecule has 2 rings (SSSR count). The molecule has 0 unspecified atom stereocenters. The second kappa shape index (κ2) is 7.76. The molecule has 0 fully saturated rings. The minimum Gasteiger partial charge on any atom is -0.386 e. The van der Waals surface area contributed by atoms with E-state index in [0.717, 1.165) is 11.1 Å². The lowest BCUT2D eigenvalue weighted by molar-refractivity contribution is -0.112. The molecule has 0 saturated heterocycles. The first-order valence-electron chi connectivity index (χ1n) is 7.04. The van der Waals surface area contributed by atoms with Crippen molar-refractivity contribution >= 4 is 11.6 Å². The molecule has 5 heteroatoms. The molecule has 23 heavy (non-hydrogen) atoms. The van der Waals surface area contributed by atoms with Crippen molar-refractivity contribution in [2.75, 3.05) is 5.32 Å². The average molecular weight is 309 g/mol. The Morgan fingerprint density at radius 2 is 2.00 bits per heavy atom. The van der Waals surface area contributed by atoms with Gasteiger partial charge in [0.15, 0.2) is 0 Å². The van der Waals surface area contributed by atoms with Crippen molar-refractivity contribution in [2.45, 2.75) is 13.5 Å². The first kappa shape index (κ1) is 16.2. The zero-order valence-corrected chi connectivity index (χ0v) is 12.6. The number of benzene rings is 2. The minimum absolute atomic E-state index is 0.0537. The van der Waals surface area contributed by atoms with Crippen molar-refractivity contribution in [2.24, 2.45) is 0 Å². The van der Waals surface area contributed by atoms with Crippen LogP contribution in [0.3, 0.4) is 0 Å². The molecule has 2 N–H and O–H groups in total. The summed E-state index contributed by atoms with van der Waals surface area (Å²) in [4.78, 5) is 12.0. The monoisotopic (exact) mass is 309 g/mol. The molecule has 2 aromatic carbocycles. The fourth-order valence-corrected chi connectivity index (χ4v) is 1.97. The zero-order chi connectivity index (χ0) is 16.7. The summed E-state index contributed by atoms with van der Waals surface area (Å²) in [6, 6.07) is 15.1. The summed E-state index contributed by atoms with van der Waals surface area (Å²) in [5.41, 5.74) is 2.57. The highest BCUT2D eigenvalue weighted by atomic mass is 19.1. The number of nitrogens with zero attached hydrogens (tertiary/aromatic N) is 1. The van der Waals surface area contributed by atoms with Crippen molar-refractivity contribution in [3.8, 4) is 6.07 Å². The summed E-state index contributed by atoms with van der Waals surface area (Å²) in [6.07, 6.45) is 1.38. The quantitative estimate of drug-likeness (QED) is 0.658. The number of halogens is 1. The first-order valence-corrected chi connectivity index (χ1v) is 7.04. The Hall–Kier alpha value is -3.13. The van der Waals surface area contributed by atoms with E-state index in [1.54, 1.807) is 0 Å². The number of nitrogens with one attached hydrogen (secondary N) is 2. The molecule has 4 nitrogen and oxygen atoms in total. The highest BCUT2D eigenvalue weighted by Crippen LogP contribution is 2.09. The van der Waals surface area contributed by atoms with E-state index in [-0.39, 0.29) is 11.4 Å². The number of carbonyl (C=O) groups is 1. The van der Waals surface area contributed by atoms with E-state index in [0.29, 0.717) is 12.2 Å². The Morgan fingerprint density at radius 1 is 1.26 bits per heavy atom. The van der Waals surface area contributed by atoms with Gasteiger partial charge in [-0.15, -0.1) is 0 Å². The number of carbonyl (C=O) groups excluding carboxylic acids is 1. The normalized spacial score (nSPS) is 10.7. The number of rotatable bonds is 5. The fraction of sp³-hybridized carbons (Fsp3) is 0.111. The molecule has 0 spiro atoms. The lowest BCUT2D eigenvalue weighted by atomic mass is 10.1. The van der Waals surface area contributed by atoms with Crippen molar-refractivity contribution < 1.29 is 9.18 Å². The summed E-state index contributed by atoms with van der Waals surface area (Å²) in [6.45, 7) is 2.51. The van der Waals surface area contributed by atoms with Crippen LogP contribution in [-0.2, 0) is 11.3 Å². The minimum atomic E-state index is -0.546. The van der Waals surface area contributed by atoms with Crippen LogP contribution in [0.2, 0.25) is 0 Å². The number of hydrogen-bond donors (Lipinski definition) is 2. The number of aryl methyl sites for hydroxylation is 1. The van der Waals surface area contributed by atoms with Crippen molar-refractivity contribution in [1.82, 2.24) is 5.32 Å². The van der Waals surface area contributed by atoms with Crippen LogP contribution in [0, 0.1) is 24.1 Å². The van der Waals surface area contributed by atoms with Gasteiger partial charge in [-0.05, 0) is 36.8 Å². The summed E-state index contributed by atoms with van der Waals surface area (Å²) in [5.74, 6) is -0.935. The van der Waals surface area contributed by atoms with Crippen LogP contribution < -0.4 is 10.6 Å². The predicted octanol–water partition coefficient (Wildman–Crippen LogP) is 3.27. The smallest absolute Gasteiger partial charge is 0.267 e. The second-order valence-electron chi connectivity index (χ2n) is 5.00. The van der Waals surface area contributed by atoms with E-state index < -0.39 is 5.91 Å². The maximum atomic E-state index is 12.8. The molecule has 0 radical (unpaired) electrons. The van der Waals surface area contributed by atoms with Gasteiger partial charge in [0.1, 0.15) is 17.5 Å². The van der Waals surface area contributed by atoms with Crippen LogP contribution in [0.1, 0.15) is 11.1 Å². The highest BCUT2D eigenvalue weighted by molar-refractivity contribution is 6.06. The molecule has 0 heterocycles. The Balaban J connectivity index is 1.96. The van der Waals surface area contributed by atoms with Crippen LogP contribution >= 0.6 is 0 Å². The van der Waals surface area contributed by atoms with Crippen molar-refractivity contribution in [3.05, 3.63) is 77.2 Å². The summed E-state index contributed by atoms with van der Waals surface area (Å²) >= 11 is 0. The second-order valence-corrected chi connectivity index (χ2v) is 5.00. The SMILES string of the molecule is Cc1cccc(CN/C=C(/C#N)C(=O)Nc2ccc(F)cc2)c1. The average Bonchev–Trinajstić information content (AvgIpc) is 2.54. The van der Waals surface area contributed by atoms with Gasteiger partial charge >= 0.3 is 0 Å². The third-order valence-electron chi connectivity index (χ3n) is 3.10. The molecule has 0 bridgehead atoms. The number of anilines is 1. The standard InChI is InChI=1S/C18H16FN3O/c1-13-3-2-4-14(9-13)11-21-12-15(10-20)18(23)22-17-7-5-16(19)6-8-17/h2-9,12,21H,11H2,1H3,(H,22,23)/b15-12-. The van der Waals surface area contributed by atoms with Gasteiger partial charge in [0, 0.05) is 18.4 Å². The summed E-state index contributed by atoms with van der Waals surface area (Å²) < 4.78 is 12.8. The molecule has 0 aliphatic rings. The molecular weight excluding hydrogens is 293 g/mol. The Labute approximate surface area is 134 Å². The van der Waals surface area contributed by atoms with E-state index in [2.05, 4.69) is 10.6 Å². The Kier molecular flexibility index (Phi) is 5.48. The molecule has 116 valence electrons. The van der Waals surface area contributed by atoms with Gasteiger partial charge in [-0.2, -0.15) is 5.26 Å². The van der Waals surface area contributed by atoms with Gasteiger partial charge in [0.25, 0.3) is 5.91 Å². The Bertz CT molecular complexity index is 761. The lowest BCUT2D eigenvalue weighted by Gasteiger charge is -2.06. The van der Waals surface area contributed by atoms with E-state index >= 15 is 0 Å². The fourth-order valence-electron chi connectivity index (χ4n) is 1.97. The topological polar surface area (TPSA) is 64.9 Å². The predicted molar refractivity (Wildman–Crippen MR) is 86.7 cm³/mol. The molecular formula is C18H16FN3O. The van der Waals surface area contributed by atoms with E-state index in [1.165, 1.54) is 30.5 Å². The van der Waals surface area contributed by atoms with Gasteiger partial charge in [-0.25, -0.2) is 4.39 Å². The summed E-state index contributed by atoms with van der Waals surface area (Å²) in [7, 11) is 0. The third-order valence-corrected chi connectivity index (χ3v) is 3.10. The largest absolute Gasteiger partial charge is 0.386 e. The van der Waals surface area contributed by atoms with Crippen molar-refractivity contribution in [3.63, 3.8) is 0 Å². The molecule has 0 atom stereocenters. The first-order chi connectivity index (χ1) is 11.1. The molecule has 1 amide bonds. The third kappa shape index (κ3) is 4.97. The highest BCUT2D eigenvalue weighted by Gasteiger charge is 2.09. The molecule has 2 aromatic rings. The van der Waals surface area contributed by atoms with Gasteiger partial charge < -0.3 is 10.6 Å². The number of amides is 1. The zero-order valence-electron chi connectivity index (χ0n) is 12.6. The Morgan fingerprint density at radius 3 is 2.65 bits per heavy atom. The van der Waals surface area contributed by atoms with Gasteiger partial charge in [-0.1, -0.05) is 29.8 Å². The van der Waals surface area contributed by atoms with E-state index in [1.807, 2.05) is 37.3 Å². The van der Waals surface area contributed by atoms with Gasteiger partial charge in [-0.3, -0.25) is 4.79 Å². The van der Waals surface area contributed by atoms with Crippen LogP contribution in [0.4, 0.5) is 10.1 Å². The molecule has 0 aliphatic heterocycles. The number of nitriles is 1. The van der Waals surface area contributed by atoms with Crippen LogP contribution in [0.5, 0.6) is 0 Å². The van der Waals surface area contributed by atoms with Crippen LogP contribution in [-0.4, -0.2) is 5.91 Å². The molecule has 0 aromatic heterocycles. The molecule has 0 saturated carbocycles. The maximum Gasteiger partial charge on any atom is 0.267 e. The summed E-state index contributed by atoms with van der Waals surface area (Å²) in [5, 5.41) is 14.6. The molecule has 0 aliphatic carbocycles. The lowest BCUT2D eigenvalue weighted by Crippen LogP contribution is -2.16. The number of hydrogen-bond acceptors (Lipinski definition) is 3. The van der Waals surface area contributed by atoms with E-state index in [4.69, 9.17) is 5.26 Å². The van der Waals surface area contributed by atoms with Crippen LogP contribution in [0.25, 0.3) is 0 Å². The van der Waals surface area contributed by atoms with Crippen molar-refractivity contribution in [1.29, 1.82) is 5.26 Å². The van der Waals surface area contributed by atoms with E-state index in [9.17, 15) is 9.18 Å². The van der Waals surface area contributed by atoms with Gasteiger partial charge in [0.2, 0.25) is 0 Å². The van der Waals surface area contributed by atoms with Gasteiger partial charge in [0.05, 0.1) is 0 Å².